The number of halogens is 3. The normalized spacial score (nSPS) is 16.0. The van der Waals surface area contributed by atoms with Gasteiger partial charge in [0.15, 0.2) is 0 Å². The number of carbonyl (C=O) groups is 1. The van der Waals surface area contributed by atoms with Crippen molar-refractivity contribution in [2.24, 2.45) is 5.41 Å². The molecule has 0 aliphatic heterocycles. The van der Waals surface area contributed by atoms with E-state index in [2.05, 4.69) is 38.2 Å². The first kappa shape index (κ1) is 22.2. The second-order valence-electron chi connectivity index (χ2n) is 8.95. The molecule has 1 amide bonds. The Morgan fingerprint density at radius 1 is 1.07 bits per heavy atom. The molecule has 1 saturated carbocycles. The summed E-state index contributed by atoms with van der Waals surface area (Å²) in [5, 5.41) is 13.5. The molecule has 0 saturated heterocycles. The van der Waals surface area contributed by atoms with Crippen molar-refractivity contribution in [1.29, 1.82) is 0 Å². The molecule has 4 nitrogen and oxygen atoms in total. The Bertz CT molecular complexity index is 898. The molecule has 1 aliphatic carbocycles. The van der Waals surface area contributed by atoms with Gasteiger partial charge in [0.2, 0.25) is 0 Å². The van der Waals surface area contributed by atoms with Gasteiger partial charge in [-0.2, -0.15) is 13.2 Å². The fourth-order valence-corrected chi connectivity index (χ4v) is 3.56. The van der Waals surface area contributed by atoms with E-state index in [9.17, 15) is 23.2 Å². The van der Waals surface area contributed by atoms with Crippen molar-refractivity contribution in [1.82, 2.24) is 5.06 Å². The topological polar surface area (TPSA) is 52.6 Å². The molecule has 3 rings (SSSR count). The van der Waals surface area contributed by atoms with Gasteiger partial charge in [0.25, 0.3) is 5.91 Å². The van der Waals surface area contributed by atoms with Crippen LogP contribution in [-0.4, -0.2) is 22.4 Å². The van der Waals surface area contributed by atoms with E-state index in [-0.39, 0.29) is 29.9 Å². The van der Waals surface area contributed by atoms with Gasteiger partial charge in [-0.3, -0.25) is 10.0 Å². The Labute approximate surface area is 174 Å². The van der Waals surface area contributed by atoms with Gasteiger partial charge in [0.05, 0.1) is 6.54 Å². The van der Waals surface area contributed by atoms with Crippen molar-refractivity contribution in [2.75, 3.05) is 5.32 Å². The summed E-state index contributed by atoms with van der Waals surface area (Å²) in [4.78, 5) is 12.3. The first-order valence-electron chi connectivity index (χ1n) is 9.96. The molecule has 1 aliphatic rings. The van der Waals surface area contributed by atoms with Crippen LogP contribution in [0.25, 0.3) is 0 Å². The van der Waals surface area contributed by atoms with Crippen LogP contribution in [0.4, 0.5) is 24.5 Å². The number of hydroxylamine groups is 2. The van der Waals surface area contributed by atoms with E-state index < -0.39 is 17.5 Å². The first-order chi connectivity index (χ1) is 13.9. The van der Waals surface area contributed by atoms with Gasteiger partial charge in [-0.05, 0) is 53.6 Å². The summed E-state index contributed by atoms with van der Waals surface area (Å²) < 4.78 is 39.9. The first-order valence-corrected chi connectivity index (χ1v) is 9.96. The van der Waals surface area contributed by atoms with Crippen LogP contribution in [0.1, 0.15) is 51.2 Å². The summed E-state index contributed by atoms with van der Waals surface area (Å²) in [7, 11) is 0. The lowest BCUT2D eigenvalue weighted by molar-refractivity contribution is -0.262. The molecule has 0 bridgehead atoms. The second-order valence-corrected chi connectivity index (χ2v) is 8.95. The minimum atomic E-state index is -4.65. The van der Waals surface area contributed by atoms with Gasteiger partial charge < -0.3 is 5.32 Å². The monoisotopic (exact) mass is 420 g/mol. The van der Waals surface area contributed by atoms with Crippen LogP contribution in [0.2, 0.25) is 0 Å². The van der Waals surface area contributed by atoms with Gasteiger partial charge in [-0.15, -0.1) is 0 Å². The molecule has 1 fully saturated rings. The van der Waals surface area contributed by atoms with E-state index >= 15 is 0 Å². The third-order valence-electron chi connectivity index (χ3n) is 5.70. The van der Waals surface area contributed by atoms with Crippen molar-refractivity contribution in [3.8, 4) is 0 Å². The number of hydrogen-bond acceptors (Lipinski definition) is 3. The summed E-state index contributed by atoms with van der Waals surface area (Å²) in [6.45, 7) is 6.11. The molecule has 0 radical (unpaired) electrons. The molecular formula is C23H27F3N2O2. The molecule has 0 unspecified atom stereocenters. The Hall–Kier alpha value is -2.54. The predicted molar refractivity (Wildman–Crippen MR) is 110 cm³/mol. The zero-order chi connectivity index (χ0) is 22.2. The number of hydrogen-bond donors (Lipinski definition) is 2. The third kappa shape index (κ3) is 4.46. The molecular weight excluding hydrogens is 393 g/mol. The number of carbonyl (C=O) groups excluding carboxylic acids is 1. The maximum Gasteiger partial charge on any atom is 0.403 e. The number of rotatable bonds is 5. The molecule has 2 aromatic rings. The highest BCUT2D eigenvalue weighted by atomic mass is 19.4. The average molecular weight is 420 g/mol. The van der Waals surface area contributed by atoms with Gasteiger partial charge in [-0.1, -0.05) is 51.5 Å². The van der Waals surface area contributed by atoms with Crippen molar-refractivity contribution < 1.29 is 23.2 Å². The SMILES string of the molecule is CC(C)(C)c1cccc(Nc2ccc(CN(O)C(=O)C3(C(F)(F)F)CCC3)cc2)c1. The molecule has 0 aromatic heterocycles. The summed E-state index contributed by atoms with van der Waals surface area (Å²) in [5.74, 6) is -1.28. The van der Waals surface area contributed by atoms with Crippen LogP contribution < -0.4 is 5.32 Å². The molecule has 2 aromatic carbocycles. The molecule has 0 heterocycles. The lowest BCUT2D eigenvalue weighted by Gasteiger charge is -2.42. The van der Waals surface area contributed by atoms with E-state index in [0.717, 1.165) is 11.4 Å². The molecule has 162 valence electrons. The van der Waals surface area contributed by atoms with Crippen LogP contribution in [0.5, 0.6) is 0 Å². The lowest BCUT2D eigenvalue weighted by atomic mass is 9.67. The molecule has 0 spiro atoms. The maximum absolute atomic E-state index is 13.3. The number of nitrogens with zero attached hydrogens (tertiary/aromatic N) is 1. The summed E-state index contributed by atoms with van der Waals surface area (Å²) >= 11 is 0. The van der Waals surface area contributed by atoms with Crippen LogP contribution in [-0.2, 0) is 16.8 Å². The van der Waals surface area contributed by atoms with Crippen LogP contribution in [0, 0.1) is 5.41 Å². The van der Waals surface area contributed by atoms with E-state index in [1.165, 1.54) is 5.56 Å². The Balaban J connectivity index is 1.66. The van der Waals surface area contributed by atoms with Crippen molar-refractivity contribution in [2.45, 2.75) is 58.2 Å². The highest BCUT2D eigenvalue weighted by molar-refractivity contribution is 5.83. The fraction of sp³-hybridized carbons (Fsp3) is 0.435. The molecule has 7 heteroatoms. The van der Waals surface area contributed by atoms with Gasteiger partial charge in [0, 0.05) is 11.4 Å². The standard InChI is InChI=1S/C23H27F3N2O2/c1-21(2,3)17-6-4-7-19(14-17)27-18-10-8-16(9-11-18)15-28(30)20(29)22(12-5-13-22)23(24,25)26/h4,6-11,14,27,30H,5,12-13,15H2,1-3H3. The predicted octanol–water partition coefficient (Wildman–Crippen LogP) is 6.18. The van der Waals surface area contributed by atoms with E-state index in [1.54, 1.807) is 24.3 Å². The Morgan fingerprint density at radius 3 is 2.20 bits per heavy atom. The lowest BCUT2D eigenvalue weighted by Crippen LogP contribution is -2.55. The number of benzene rings is 2. The minimum Gasteiger partial charge on any atom is -0.356 e. The van der Waals surface area contributed by atoms with Crippen LogP contribution in [0.15, 0.2) is 48.5 Å². The number of nitrogens with one attached hydrogen (secondary N) is 1. The van der Waals surface area contributed by atoms with Gasteiger partial charge in [-0.25, -0.2) is 5.06 Å². The number of amides is 1. The molecule has 30 heavy (non-hydrogen) atoms. The quantitative estimate of drug-likeness (QED) is 0.449. The van der Waals surface area contributed by atoms with Crippen molar-refractivity contribution >= 4 is 17.3 Å². The highest BCUT2D eigenvalue weighted by Gasteiger charge is 2.64. The second kappa shape index (κ2) is 7.95. The van der Waals surface area contributed by atoms with Crippen LogP contribution in [0.3, 0.4) is 0 Å². The Morgan fingerprint density at radius 2 is 1.70 bits per heavy atom. The maximum atomic E-state index is 13.3. The van der Waals surface area contributed by atoms with E-state index in [1.807, 2.05) is 12.1 Å². The van der Waals surface area contributed by atoms with Gasteiger partial charge >= 0.3 is 6.18 Å². The van der Waals surface area contributed by atoms with Crippen LogP contribution >= 0.6 is 0 Å². The number of anilines is 2. The summed E-state index contributed by atoms with van der Waals surface area (Å²) in [6, 6.07) is 14.9. The minimum absolute atomic E-state index is 0.0207. The highest BCUT2D eigenvalue weighted by Crippen LogP contribution is 2.54. The van der Waals surface area contributed by atoms with Crippen molar-refractivity contribution in [3.05, 3.63) is 59.7 Å². The zero-order valence-electron chi connectivity index (χ0n) is 17.4. The molecule has 0 atom stereocenters. The van der Waals surface area contributed by atoms with Gasteiger partial charge in [0.1, 0.15) is 5.41 Å². The summed E-state index contributed by atoms with van der Waals surface area (Å²) in [5.41, 5.74) is 1.02. The number of alkyl halides is 3. The Kier molecular flexibility index (Phi) is 5.87. The molecule has 2 N–H and O–H groups in total. The smallest absolute Gasteiger partial charge is 0.356 e. The largest absolute Gasteiger partial charge is 0.403 e. The average Bonchev–Trinajstić information content (AvgIpc) is 2.60. The zero-order valence-corrected chi connectivity index (χ0v) is 17.4. The summed E-state index contributed by atoms with van der Waals surface area (Å²) in [6.07, 6.45) is -4.87. The third-order valence-corrected chi connectivity index (χ3v) is 5.70. The van der Waals surface area contributed by atoms with E-state index in [0.29, 0.717) is 12.0 Å². The van der Waals surface area contributed by atoms with E-state index in [4.69, 9.17) is 0 Å². The van der Waals surface area contributed by atoms with Crippen molar-refractivity contribution in [3.63, 3.8) is 0 Å². The fourth-order valence-electron chi connectivity index (χ4n) is 3.56.